The van der Waals surface area contributed by atoms with Crippen LogP contribution < -0.4 is 5.73 Å². The molecular formula is C13H27N3O. The molecule has 1 amide bonds. The standard InChI is InChI=1S/C13H27N3O/c1-5-16(11(2)10-15(3)4)12(17)9-13(14)7-6-8-13/h11H,5-10,14H2,1-4H3. The van der Waals surface area contributed by atoms with Gasteiger partial charge in [0.2, 0.25) is 5.91 Å². The van der Waals surface area contributed by atoms with Gasteiger partial charge in [-0.25, -0.2) is 0 Å². The summed E-state index contributed by atoms with van der Waals surface area (Å²) < 4.78 is 0. The van der Waals surface area contributed by atoms with E-state index in [-0.39, 0.29) is 17.5 Å². The lowest BCUT2D eigenvalue weighted by Crippen LogP contribution is -2.52. The van der Waals surface area contributed by atoms with Gasteiger partial charge in [0.05, 0.1) is 0 Å². The van der Waals surface area contributed by atoms with Crippen LogP contribution in [0.25, 0.3) is 0 Å². The molecule has 0 heterocycles. The molecule has 1 fully saturated rings. The Morgan fingerprint density at radius 3 is 2.35 bits per heavy atom. The number of carbonyl (C=O) groups excluding carboxylic acids is 1. The Labute approximate surface area is 105 Å². The van der Waals surface area contributed by atoms with Crippen LogP contribution in [-0.4, -0.2) is 54.5 Å². The molecule has 0 bridgehead atoms. The molecule has 0 aromatic rings. The van der Waals surface area contributed by atoms with E-state index in [0.717, 1.165) is 25.9 Å². The topological polar surface area (TPSA) is 49.6 Å². The second-order valence-corrected chi connectivity index (χ2v) is 5.68. The summed E-state index contributed by atoms with van der Waals surface area (Å²) in [6.45, 7) is 5.81. The first-order valence-corrected chi connectivity index (χ1v) is 6.61. The first-order chi connectivity index (χ1) is 7.88. The Balaban J connectivity index is 2.51. The average Bonchev–Trinajstić information content (AvgIpc) is 2.14. The van der Waals surface area contributed by atoms with Crippen molar-refractivity contribution in [3.63, 3.8) is 0 Å². The number of hydrogen-bond acceptors (Lipinski definition) is 3. The van der Waals surface area contributed by atoms with Crippen LogP contribution in [0.1, 0.15) is 39.5 Å². The number of nitrogens with two attached hydrogens (primary N) is 1. The highest BCUT2D eigenvalue weighted by Crippen LogP contribution is 2.32. The molecular weight excluding hydrogens is 214 g/mol. The van der Waals surface area contributed by atoms with Crippen molar-refractivity contribution in [1.82, 2.24) is 9.80 Å². The van der Waals surface area contributed by atoms with Crippen molar-refractivity contribution in [1.29, 1.82) is 0 Å². The molecule has 1 rings (SSSR count). The van der Waals surface area contributed by atoms with Crippen LogP contribution in [0.15, 0.2) is 0 Å². The maximum atomic E-state index is 12.2. The minimum atomic E-state index is -0.206. The molecule has 0 saturated heterocycles. The van der Waals surface area contributed by atoms with E-state index < -0.39 is 0 Å². The van der Waals surface area contributed by atoms with E-state index in [1.54, 1.807) is 0 Å². The molecule has 2 N–H and O–H groups in total. The summed E-state index contributed by atoms with van der Waals surface area (Å²) in [6, 6.07) is 0.256. The second kappa shape index (κ2) is 5.83. The summed E-state index contributed by atoms with van der Waals surface area (Å²) in [6.07, 6.45) is 3.68. The van der Waals surface area contributed by atoms with Gasteiger partial charge in [-0.05, 0) is 47.2 Å². The molecule has 0 aliphatic heterocycles. The van der Waals surface area contributed by atoms with Gasteiger partial charge >= 0.3 is 0 Å². The van der Waals surface area contributed by atoms with E-state index in [1.165, 1.54) is 6.42 Å². The van der Waals surface area contributed by atoms with Crippen LogP contribution in [0.4, 0.5) is 0 Å². The van der Waals surface area contributed by atoms with Crippen LogP contribution >= 0.6 is 0 Å². The SMILES string of the molecule is CCN(C(=O)CC1(N)CCC1)C(C)CN(C)C. The fourth-order valence-corrected chi connectivity index (χ4v) is 2.57. The third-order valence-electron chi connectivity index (χ3n) is 3.68. The average molecular weight is 241 g/mol. The van der Waals surface area contributed by atoms with Crippen molar-refractivity contribution in [2.45, 2.75) is 51.1 Å². The first kappa shape index (κ1) is 14.5. The molecule has 0 aromatic carbocycles. The van der Waals surface area contributed by atoms with Crippen LogP contribution in [0.5, 0.6) is 0 Å². The van der Waals surface area contributed by atoms with Gasteiger partial charge in [0.1, 0.15) is 0 Å². The first-order valence-electron chi connectivity index (χ1n) is 6.61. The van der Waals surface area contributed by atoms with Crippen molar-refractivity contribution >= 4 is 5.91 Å². The molecule has 1 aliphatic carbocycles. The molecule has 4 nitrogen and oxygen atoms in total. The highest BCUT2D eigenvalue weighted by atomic mass is 16.2. The van der Waals surface area contributed by atoms with Crippen molar-refractivity contribution in [3.05, 3.63) is 0 Å². The second-order valence-electron chi connectivity index (χ2n) is 5.68. The van der Waals surface area contributed by atoms with Crippen molar-refractivity contribution in [3.8, 4) is 0 Å². The van der Waals surface area contributed by atoms with Gasteiger partial charge in [0.15, 0.2) is 0 Å². The molecule has 4 heteroatoms. The van der Waals surface area contributed by atoms with Gasteiger partial charge in [-0.3, -0.25) is 4.79 Å². The predicted molar refractivity (Wildman–Crippen MR) is 70.8 cm³/mol. The van der Waals surface area contributed by atoms with Gasteiger partial charge in [0, 0.05) is 31.1 Å². The van der Waals surface area contributed by atoms with Gasteiger partial charge in [-0.15, -0.1) is 0 Å². The third-order valence-corrected chi connectivity index (χ3v) is 3.68. The van der Waals surface area contributed by atoms with Gasteiger partial charge in [0.25, 0.3) is 0 Å². The Bertz CT molecular complexity index is 261. The number of rotatable bonds is 6. The van der Waals surface area contributed by atoms with E-state index in [9.17, 15) is 4.79 Å². The zero-order chi connectivity index (χ0) is 13.1. The number of nitrogens with zero attached hydrogens (tertiary/aromatic N) is 2. The summed E-state index contributed by atoms with van der Waals surface area (Å²) >= 11 is 0. The molecule has 0 aromatic heterocycles. The fraction of sp³-hybridized carbons (Fsp3) is 0.923. The van der Waals surface area contributed by atoms with E-state index in [0.29, 0.717) is 6.42 Å². The smallest absolute Gasteiger partial charge is 0.224 e. The molecule has 1 atom stereocenters. The monoisotopic (exact) mass is 241 g/mol. The number of amides is 1. The summed E-state index contributed by atoms with van der Waals surface area (Å²) in [5.41, 5.74) is 5.93. The molecule has 1 aliphatic rings. The van der Waals surface area contributed by atoms with E-state index >= 15 is 0 Å². The predicted octanol–water partition coefficient (Wildman–Crippen LogP) is 1.06. The zero-order valence-electron chi connectivity index (χ0n) is 11.7. The lowest BCUT2D eigenvalue weighted by molar-refractivity contribution is -0.135. The van der Waals surface area contributed by atoms with Crippen LogP contribution in [-0.2, 0) is 4.79 Å². The van der Waals surface area contributed by atoms with Crippen LogP contribution in [0.2, 0.25) is 0 Å². The van der Waals surface area contributed by atoms with Gasteiger partial charge in [-0.1, -0.05) is 0 Å². The van der Waals surface area contributed by atoms with Crippen molar-refractivity contribution in [2.75, 3.05) is 27.2 Å². The minimum Gasteiger partial charge on any atom is -0.339 e. The molecule has 1 saturated carbocycles. The Morgan fingerprint density at radius 1 is 1.41 bits per heavy atom. The lowest BCUT2D eigenvalue weighted by atomic mass is 9.75. The normalized spacial score (nSPS) is 19.9. The number of carbonyl (C=O) groups is 1. The number of hydrogen-bond donors (Lipinski definition) is 1. The molecule has 17 heavy (non-hydrogen) atoms. The van der Waals surface area contributed by atoms with Gasteiger partial charge < -0.3 is 15.5 Å². The van der Waals surface area contributed by atoms with Gasteiger partial charge in [-0.2, -0.15) is 0 Å². The Kier molecular flexibility index (Phi) is 4.95. The number of likely N-dealkylation sites (N-methyl/N-ethyl adjacent to an activating group) is 2. The summed E-state index contributed by atoms with van der Waals surface area (Å²) in [5, 5.41) is 0. The Hall–Kier alpha value is -0.610. The molecule has 0 radical (unpaired) electrons. The molecule has 1 unspecified atom stereocenters. The minimum absolute atomic E-state index is 0.206. The van der Waals surface area contributed by atoms with Crippen molar-refractivity contribution < 1.29 is 4.79 Å². The third kappa shape index (κ3) is 3.96. The molecule has 0 spiro atoms. The highest BCUT2D eigenvalue weighted by Gasteiger charge is 2.36. The quantitative estimate of drug-likeness (QED) is 0.756. The Morgan fingerprint density at radius 2 is 2.00 bits per heavy atom. The maximum Gasteiger partial charge on any atom is 0.224 e. The van der Waals surface area contributed by atoms with Crippen LogP contribution in [0, 0.1) is 0 Å². The summed E-state index contributed by atoms with van der Waals surface area (Å²) in [4.78, 5) is 16.3. The van der Waals surface area contributed by atoms with Crippen LogP contribution in [0.3, 0.4) is 0 Å². The van der Waals surface area contributed by atoms with E-state index in [1.807, 2.05) is 25.9 Å². The molecule has 100 valence electrons. The van der Waals surface area contributed by atoms with Crippen molar-refractivity contribution in [2.24, 2.45) is 5.73 Å². The van der Waals surface area contributed by atoms with E-state index in [4.69, 9.17) is 5.73 Å². The maximum absolute atomic E-state index is 12.2. The highest BCUT2D eigenvalue weighted by molar-refractivity contribution is 5.78. The largest absolute Gasteiger partial charge is 0.339 e. The summed E-state index contributed by atoms with van der Waals surface area (Å²) in [5.74, 6) is 0.212. The zero-order valence-corrected chi connectivity index (χ0v) is 11.7. The fourth-order valence-electron chi connectivity index (χ4n) is 2.57. The lowest BCUT2D eigenvalue weighted by Gasteiger charge is -2.40. The summed E-state index contributed by atoms with van der Waals surface area (Å²) in [7, 11) is 4.07. The van der Waals surface area contributed by atoms with E-state index in [2.05, 4.69) is 11.8 Å².